The summed E-state index contributed by atoms with van der Waals surface area (Å²) in [7, 11) is 0. The predicted molar refractivity (Wildman–Crippen MR) is 54.2 cm³/mol. The summed E-state index contributed by atoms with van der Waals surface area (Å²) >= 11 is 11.8. The zero-order valence-corrected chi connectivity index (χ0v) is 8.58. The van der Waals surface area contributed by atoms with Crippen LogP contribution in [0, 0.1) is 0 Å². The van der Waals surface area contributed by atoms with Crippen molar-refractivity contribution in [2.24, 2.45) is 5.73 Å². The Kier molecular flexibility index (Phi) is 2.86. The van der Waals surface area contributed by atoms with Gasteiger partial charge >= 0.3 is 0 Å². The van der Waals surface area contributed by atoms with Gasteiger partial charge in [-0.25, -0.2) is 0 Å². The van der Waals surface area contributed by atoms with Crippen LogP contribution in [0.4, 0.5) is 0 Å². The molecule has 12 heavy (non-hydrogen) atoms. The van der Waals surface area contributed by atoms with Crippen LogP contribution in [-0.4, -0.2) is 5.38 Å². The standard InChI is InChI=1S/C9H11Cl2N/c1-3-6-7(5(2)10)4-8(11)9(6)12/h3-5H,12H2,1-2H3/b6-3+/t5-/m1/s1. The van der Waals surface area contributed by atoms with Crippen LogP contribution in [-0.2, 0) is 0 Å². The Morgan fingerprint density at radius 3 is 2.50 bits per heavy atom. The number of hydrogen-bond acceptors (Lipinski definition) is 1. The molecule has 0 fully saturated rings. The van der Waals surface area contributed by atoms with Gasteiger partial charge in [-0.05, 0) is 31.1 Å². The van der Waals surface area contributed by atoms with E-state index in [1.807, 2.05) is 26.0 Å². The van der Waals surface area contributed by atoms with E-state index in [4.69, 9.17) is 28.9 Å². The Hall–Kier alpha value is -0.400. The minimum atomic E-state index is -0.0500. The molecule has 0 radical (unpaired) electrons. The molecule has 66 valence electrons. The lowest BCUT2D eigenvalue weighted by molar-refractivity contribution is 1.12. The molecule has 1 aliphatic carbocycles. The summed E-state index contributed by atoms with van der Waals surface area (Å²) in [6.07, 6.45) is 3.75. The minimum Gasteiger partial charge on any atom is -0.397 e. The molecule has 0 aromatic carbocycles. The lowest BCUT2D eigenvalue weighted by Crippen LogP contribution is -2.04. The average Bonchev–Trinajstić information content (AvgIpc) is 2.29. The fraction of sp³-hybridized carbons (Fsp3) is 0.333. The molecule has 0 aromatic rings. The van der Waals surface area contributed by atoms with Gasteiger partial charge in [0, 0.05) is 0 Å². The van der Waals surface area contributed by atoms with Crippen molar-refractivity contribution < 1.29 is 0 Å². The summed E-state index contributed by atoms with van der Waals surface area (Å²) in [5.74, 6) is 0. The van der Waals surface area contributed by atoms with Crippen LogP contribution >= 0.6 is 23.2 Å². The van der Waals surface area contributed by atoms with Gasteiger partial charge in [0.15, 0.2) is 0 Å². The summed E-state index contributed by atoms with van der Waals surface area (Å²) in [5.41, 5.74) is 8.32. The molecule has 0 aromatic heterocycles. The SMILES string of the molecule is C/C=C1\C([C@@H](C)Cl)=CC(Cl)=C1N. The van der Waals surface area contributed by atoms with Gasteiger partial charge in [0.2, 0.25) is 0 Å². The first-order chi connectivity index (χ1) is 5.57. The van der Waals surface area contributed by atoms with Gasteiger partial charge in [0.05, 0.1) is 16.1 Å². The third-order valence-electron chi connectivity index (χ3n) is 1.86. The van der Waals surface area contributed by atoms with E-state index in [0.29, 0.717) is 10.7 Å². The quantitative estimate of drug-likeness (QED) is 0.653. The summed E-state index contributed by atoms with van der Waals surface area (Å²) in [6.45, 7) is 3.82. The van der Waals surface area contributed by atoms with Gasteiger partial charge in [-0.15, -0.1) is 11.6 Å². The molecule has 0 aliphatic heterocycles. The third kappa shape index (κ3) is 1.52. The number of hydrogen-bond donors (Lipinski definition) is 1. The monoisotopic (exact) mass is 203 g/mol. The van der Waals surface area contributed by atoms with Crippen LogP contribution < -0.4 is 5.73 Å². The number of rotatable bonds is 1. The fourth-order valence-corrected chi connectivity index (χ4v) is 1.63. The van der Waals surface area contributed by atoms with Crippen molar-refractivity contribution >= 4 is 23.2 Å². The van der Waals surface area contributed by atoms with Crippen molar-refractivity contribution in [3.8, 4) is 0 Å². The normalized spacial score (nSPS) is 23.3. The average molecular weight is 204 g/mol. The van der Waals surface area contributed by atoms with E-state index in [1.54, 1.807) is 0 Å². The van der Waals surface area contributed by atoms with Crippen molar-refractivity contribution in [2.45, 2.75) is 19.2 Å². The Morgan fingerprint density at radius 2 is 2.17 bits per heavy atom. The minimum absolute atomic E-state index is 0.0500. The van der Waals surface area contributed by atoms with Gasteiger partial charge in [-0.1, -0.05) is 17.7 Å². The molecule has 0 heterocycles. The largest absolute Gasteiger partial charge is 0.397 e. The van der Waals surface area contributed by atoms with E-state index >= 15 is 0 Å². The maximum absolute atomic E-state index is 5.94. The first-order valence-electron chi connectivity index (χ1n) is 3.76. The summed E-state index contributed by atoms with van der Waals surface area (Å²) < 4.78 is 0. The molecule has 0 unspecified atom stereocenters. The zero-order valence-electron chi connectivity index (χ0n) is 7.07. The molecule has 1 nitrogen and oxygen atoms in total. The van der Waals surface area contributed by atoms with Gasteiger partial charge in [-0.2, -0.15) is 0 Å². The summed E-state index contributed by atoms with van der Waals surface area (Å²) in [6, 6.07) is 0. The van der Waals surface area contributed by atoms with Crippen LogP contribution in [0.15, 0.2) is 34.0 Å². The molecule has 0 amide bonds. The smallest absolute Gasteiger partial charge is 0.0645 e. The summed E-state index contributed by atoms with van der Waals surface area (Å²) in [5, 5.41) is 0.539. The van der Waals surface area contributed by atoms with Crippen LogP contribution in [0.3, 0.4) is 0 Å². The molecule has 0 saturated carbocycles. The van der Waals surface area contributed by atoms with Gasteiger partial charge in [0.1, 0.15) is 0 Å². The molecule has 1 atom stereocenters. The highest BCUT2D eigenvalue weighted by molar-refractivity contribution is 6.33. The number of nitrogens with two attached hydrogens (primary N) is 1. The van der Waals surface area contributed by atoms with Crippen LogP contribution in [0.1, 0.15) is 13.8 Å². The number of alkyl halides is 1. The number of allylic oxidation sites excluding steroid dienone is 4. The lowest BCUT2D eigenvalue weighted by Gasteiger charge is -2.07. The highest BCUT2D eigenvalue weighted by atomic mass is 35.5. The zero-order chi connectivity index (χ0) is 9.30. The molecule has 2 N–H and O–H groups in total. The predicted octanol–water partition coefficient (Wildman–Crippen LogP) is 2.91. The van der Waals surface area contributed by atoms with Crippen molar-refractivity contribution in [3.63, 3.8) is 0 Å². The lowest BCUT2D eigenvalue weighted by atomic mass is 10.1. The molecule has 1 aliphatic rings. The fourth-order valence-electron chi connectivity index (χ4n) is 1.23. The van der Waals surface area contributed by atoms with E-state index in [9.17, 15) is 0 Å². The van der Waals surface area contributed by atoms with Crippen molar-refractivity contribution in [3.05, 3.63) is 34.0 Å². The van der Waals surface area contributed by atoms with Crippen molar-refractivity contribution in [1.82, 2.24) is 0 Å². The molecule has 1 rings (SSSR count). The van der Waals surface area contributed by atoms with Gasteiger partial charge in [0.25, 0.3) is 0 Å². The molecular weight excluding hydrogens is 193 g/mol. The second kappa shape index (κ2) is 3.55. The maximum Gasteiger partial charge on any atom is 0.0645 e. The highest BCUT2D eigenvalue weighted by Crippen LogP contribution is 2.33. The van der Waals surface area contributed by atoms with E-state index in [2.05, 4.69) is 0 Å². The molecule has 0 saturated heterocycles. The van der Waals surface area contributed by atoms with E-state index in [1.165, 1.54) is 0 Å². The second-order valence-corrected chi connectivity index (χ2v) is 3.74. The van der Waals surface area contributed by atoms with E-state index in [0.717, 1.165) is 11.1 Å². The highest BCUT2D eigenvalue weighted by Gasteiger charge is 2.20. The Bertz CT molecular complexity index is 285. The second-order valence-electron chi connectivity index (χ2n) is 2.68. The van der Waals surface area contributed by atoms with Gasteiger partial charge in [-0.3, -0.25) is 0 Å². The van der Waals surface area contributed by atoms with Gasteiger partial charge < -0.3 is 5.73 Å². The van der Waals surface area contributed by atoms with Crippen LogP contribution in [0.25, 0.3) is 0 Å². The van der Waals surface area contributed by atoms with Crippen LogP contribution in [0.2, 0.25) is 0 Å². The first-order valence-corrected chi connectivity index (χ1v) is 4.57. The Labute approximate surface area is 82.5 Å². The topological polar surface area (TPSA) is 26.0 Å². The molecule has 3 heteroatoms. The van der Waals surface area contributed by atoms with E-state index in [-0.39, 0.29) is 5.38 Å². The third-order valence-corrected chi connectivity index (χ3v) is 2.41. The maximum atomic E-state index is 5.94. The molecular formula is C9H11Cl2N. The number of halogens is 2. The van der Waals surface area contributed by atoms with E-state index < -0.39 is 0 Å². The first kappa shape index (κ1) is 9.69. The Morgan fingerprint density at radius 1 is 1.58 bits per heavy atom. The van der Waals surface area contributed by atoms with Crippen molar-refractivity contribution in [1.29, 1.82) is 0 Å². The van der Waals surface area contributed by atoms with Crippen molar-refractivity contribution in [2.75, 3.05) is 0 Å². The summed E-state index contributed by atoms with van der Waals surface area (Å²) in [4.78, 5) is 0. The van der Waals surface area contributed by atoms with Crippen LogP contribution in [0.5, 0.6) is 0 Å². The Balaban J connectivity index is 3.07. The molecule has 0 spiro atoms. The molecule has 0 bridgehead atoms.